The van der Waals surface area contributed by atoms with Crippen LogP contribution in [0.1, 0.15) is 45.1 Å². The van der Waals surface area contributed by atoms with Gasteiger partial charge in [0.15, 0.2) is 11.5 Å². The van der Waals surface area contributed by atoms with E-state index in [1.54, 1.807) is 35.2 Å². The van der Waals surface area contributed by atoms with E-state index in [0.29, 0.717) is 29.7 Å². The minimum atomic E-state index is -3.19. The minimum absolute atomic E-state index is 0.0683. The number of hydrogen-bond donors (Lipinski definition) is 2. The van der Waals surface area contributed by atoms with Crippen molar-refractivity contribution in [2.45, 2.75) is 57.4 Å². The fraction of sp³-hybridized carbons (Fsp3) is 0.700. The Bertz CT molecular complexity index is 703. The normalized spacial score (nSPS) is 20.2. The molecule has 1 aromatic carbocycles. The number of methoxy groups -OCH3 is 3. The van der Waals surface area contributed by atoms with Gasteiger partial charge in [0.25, 0.3) is 0 Å². The van der Waals surface area contributed by atoms with Crippen molar-refractivity contribution in [2.24, 2.45) is 5.92 Å². The summed E-state index contributed by atoms with van der Waals surface area (Å²) in [5, 5.41) is 3.12. The zero-order chi connectivity index (χ0) is 20.7. The average molecular weight is 415 g/mol. The summed E-state index contributed by atoms with van der Waals surface area (Å²) in [5.74, 6) is 2.45. The summed E-state index contributed by atoms with van der Waals surface area (Å²) < 4.78 is 43.0. The number of benzene rings is 1. The van der Waals surface area contributed by atoms with E-state index in [0.717, 1.165) is 37.8 Å². The summed E-state index contributed by atoms with van der Waals surface area (Å²) in [5.41, 5.74) is 1.06. The third-order valence-corrected chi connectivity index (χ3v) is 7.19. The Morgan fingerprint density at radius 3 is 2.04 bits per heavy atom. The van der Waals surface area contributed by atoms with Crippen LogP contribution in [0, 0.1) is 5.92 Å². The van der Waals surface area contributed by atoms with Crippen molar-refractivity contribution in [3.8, 4) is 17.2 Å². The second-order valence-electron chi connectivity index (χ2n) is 7.59. The van der Waals surface area contributed by atoms with Crippen LogP contribution >= 0.6 is 0 Å². The summed E-state index contributed by atoms with van der Waals surface area (Å²) in [7, 11) is 1.63. The summed E-state index contributed by atoms with van der Waals surface area (Å²) in [6.45, 7) is 5.03. The Morgan fingerprint density at radius 1 is 1.00 bits per heavy atom. The van der Waals surface area contributed by atoms with Crippen LogP contribution < -0.4 is 24.2 Å². The van der Waals surface area contributed by atoms with Gasteiger partial charge in [-0.25, -0.2) is 13.1 Å². The van der Waals surface area contributed by atoms with Crippen molar-refractivity contribution >= 4 is 10.0 Å². The highest BCUT2D eigenvalue weighted by Gasteiger charge is 2.26. The molecule has 1 aliphatic rings. The summed E-state index contributed by atoms with van der Waals surface area (Å²) in [4.78, 5) is 0. The molecule has 0 saturated heterocycles. The Hall–Kier alpha value is -1.51. The predicted octanol–water partition coefficient (Wildman–Crippen LogP) is 2.69. The van der Waals surface area contributed by atoms with E-state index in [1.807, 2.05) is 12.1 Å². The lowest BCUT2D eigenvalue weighted by Gasteiger charge is -2.29. The Morgan fingerprint density at radius 2 is 1.57 bits per heavy atom. The highest BCUT2D eigenvalue weighted by molar-refractivity contribution is 7.90. The molecule has 2 N–H and O–H groups in total. The highest BCUT2D eigenvalue weighted by Crippen LogP contribution is 2.38. The molecular formula is C20H34N2O5S. The quantitative estimate of drug-likeness (QED) is 0.612. The topological polar surface area (TPSA) is 85.9 Å². The first kappa shape index (κ1) is 22.8. The van der Waals surface area contributed by atoms with E-state index in [2.05, 4.69) is 10.0 Å². The van der Waals surface area contributed by atoms with E-state index in [9.17, 15) is 8.42 Å². The first-order valence-corrected chi connectivity index (χ1v) is 11.4. The van der Waals surface area contributed by atoms with Crippen LogP contribution in [0.3, 0.4) is 0 Å². The van der Waals surface area contributed by atoms with Gasteiger partial charge < -0.3 is 19.5 Å². The lowest BCUT2D eigenvalue weighted by Crippen LogP contribution is -2.41. The maximum Gasteiger partial charge on any atom is 0.214 e. The van der Waals surface area contributed by atoms with Gasteiger partial charge in [0, 0.05) is 12.6 Å². The zero-order valence-electron chi connectivity index (χ0n) is 17.6. The van der Waals surface area contributed by atoms with Gasteiger partial charge in [0.2, 0.25) is 15.8 Å². The fourth-order valence-corrected chi connectivity index (χ4v) is 4.48. The molecule has 1 aromatic rings. The molecule has 0 aromatic heterocycles. The second-order valence-corrected chi connectivity index (χ2v) is 9.86. The van der Waals surface area contributed by atoms with Crippen molar-refractivity contribution in [3.05, 3.63) is 17.7 Å². The molecule has 0 aliphatic heterocycles. The summed E-state index contributed by atoms with van der Waals surface area (Å²) in [6, 6.07) is 3.97. The molecule has 0 radical (unpaired) electrons. The molecule has 28 heavy (non-hydrogen) atoms. The molecule has 2 rings (SSSR count). The van der Waals surface area contributed by atoms with Crippen LogP contribution in [-0.4, -0.2) is 47.6 Å². The first-order valence-electron chi connectivity index (χ1n) is 9.81. The third-order valence-electron chi connectivity index (χ3n) is 5.28. The van der Waals surface area contributed by atoms with Crippen LogP contribution in [0.2, 0.25) is 0 Å². The molecule has 0 spiro atoms. The van der Waals surface area contributed by atoms with E-state index in [1.165, 1.54) is 0 Å². The summed E-state index contributed by atoms with van der Waals surface area (Å²) in [6.07, 6.45) is 3.83. The van der Waals surface area contributed by atoms with E-state index >= 15 is 0 Å². The lowest BCUT2D eigenvalue weighted by atomic mass is 9.86. The summed E-state index contributed by atoms with van der Waals surface area (Å²) >= 11 is 0. The SMILES string of the molecule is COc1cc(CNCC2CCC(NS(=O)(=O)C(C)C)CC2)cc(OC)c1OC. The van der Waals surface area contributed by atoms with Gasteiger partial charge in [-0.15, -0.1) is 0 Å². The van der Waals surface area contributed by atoms with Gasteiger partial charge in [-0.2, -0.15) is 0 Å². The van der Waals surface area contributed by atoms with Gasteiger partial charge in [-0.1, -0.05) is 0 Å². The van der Waals surface area contributed by atoms with Gasteiger partial charge in [0.1, 0.15) is 0 Å². The molecule has 1 fully saturated rings. The fourth-order valence-electron chi connectivity index (χ4n) is 3.51. The van der Waals surface area contributed by atoms with Crippen molar-refractivity contribution < 1.29 is 22.6 Å². The van der Waals surface area contributed by atoms with Gasteiger partial charge >= 0.3 is 0 Å². The number of hydrogen-bond acceptors (Lipinski definition) is 6. The zero-order valence-corrected chi connectivity index (χ0v) is 18.4. The first-order chi connectivity index (χ1) is 13.3. The standard InChI is InChI=1S/C20H34N2O5S/c1-14(2)28(23,24)22-17-8-6-15(7-9-17)12-21-13-16-10-18(25-3)20(27-5)19(11-16)26-4/h10-11,14-15,17,21-22H,6-9,12-13H2,1-5H3. The molecule has 160 valence electrons. The van der Waals surface area contributed by atoms with Gasteiger partial charge in [-0.3, -0.25) is 0 Å². The molecule has 1 aliphatic carbocycles. The number of ether oxygens (including phenoxy) is 3. The van der Waals surface area contributed by atoms with Crippen LogP contribution in [0.4, 0.5) is 0 Å². The van der Waals surface area contributed by atoms with Crippen LogP contribution in [0.25, 0.3) is 0 Å². The molecule has 0 unspecified atom stereocenters. The molecule has 7 nitrogen and oxygen atoms in total. The van der Waals surface area contributed by atoms with Gasteiger partial charge in [-0.05, 0) is 69.7 Å². The van der Waals surface area contributed by atoms with Crippen LogP contribution in [0.15, 0.2) is 12.1 Å². The molecular weight excluding hydrogens is 380 g/mol. The highest BCUT2D eigenvalue weighted by atomic mass is 32.2. The van der Waals surface area contributed by atoms with E-state index in [4.69, 9.17) is 14.2 Å². The molecule has 0 atom stereocenters. The molecule has 0 amide bonds. The van der Waals surface area contributed by atoms with Crippen molar-refractivity contribution in [1.29, 1.82) is 0 Å². The van der Waals surface area contributed by atoms with Crippen molar-refractivity contribution in [1.82, 2.24) is 10.0 Å². The monoisotopic (exact) mass is 414 g/mol. The third kappa shape index (κ3) is 5.99. The minimum Gasteiger partial charge on any atom is -0.493 e. The Kier molecular flexibility index (Phi) is 8.39. The van der Waals surface area contributed by atoms with Crippen LogP contribution in [0.5, 0.6) is 17.2 Å². The van der Waals surface area contributed by atoms with Crippen LogP contribution in [-0.2, 0) is 16.6 Å². The van der Waals surface area contributed by atoms with E-state index in [-0.39, 0.29) is 11.3 Å². The number of sulfonamides is 1. The largest absolute Gasteiger partial charge is 0.493 e. The maximum absolute atomic E-state index is 12.0. The maximum atomic E-state index is 12.0. The smallest absolute Gasteiger partial charge is 0.214 e. The Balaban J connectivity index is 1.82. The van der Waals surface area contributed by atoms with Gasteiger partial charge in [0.05, 0.1) is 26.6 Å². The molecule has 0 heterocycles. The Labute approximate surface area is 169 Å². The van der Waals surface area contributed by atoms with Crippen molar-refractivity contribution in [3.63, 3.8) is 0 Å². The number of rotatable bonds is 10. The second kappa shape index (κ2) is 10.3. The predicted molar refractivity (Wildman–Crippen MR) is 111 cm³/mol. The lowest BCUT2D eigenvalue weighted by molar-refractivity contribution is 0.301. The average Bonchev–Trinajstić information content (AvgIpc) is 2.68. The molecule has 8 heteroatoms. The van der Waals surface area contributed by atoms with E-state index < -0.39 is 10.0 Å². The molecule has 1 saturated carbocycles. The van der Waals surface area contributed by atoms with Crippen molar-refractivity contribution in [2.75, 3.05) is 27.9 Å². The molecule has 0 bridgehead atoms. The number of nitrogens with one attached hydrogen (secondary N) is 2.